The van der Waals surface area contributed by atoms with Crippen LogP contribution in [-0.2, 0) is 21.3 Å². The molecular formula is C18H17NO6S2. The molecule has 0 saturated carbocycles. The Morgan fingerprint density at radius 1 is 1.19 bits per heavy atom. The Balaban J connectivity index is 1.81. The SMILES string of the molecule is COC(=O)c1ccc(OC)c(S(=O)(=O)NCc2cc(-c3ccoc3)cs2)c1. The van der Waals surface area contributed by atoms with Crippen molar-refractivity contribution in [2.24, 2.45) is 0 Å². The highest BCUT2D eigenvalue weighted by atomic mass is 32.2. The van der Waals surface area contributed by atoms with Crippen LogP contribution in [0.3, 0.4) is 0 Å². The fourth-order valence-electron chi connectivity index (χ4n) is 2.43. The number of sulfonamides is 1. The number of hydrogen-bond donors (Lipinski definition) is 1. The summed E-state index contributed by atoms with van der Waals surface area (Å²) in [6.45, 7) is 0.108. The lowest BCUT2D eigenvalue weighted by molar-refractivity contribution is 0.0600. The molecule has 0 fully saturated rings. The molecular weight excluding hydrogens is 390 g/mol. The molecule has 0 radical (unpaired) electrons. The van der Waals surface area contributed by atoms with Gasteiger partial charge in [-0.2, -0.15) is 0 Å². The summed E-state index contributed by atoms with van der Waals surface area (Å²) in [4.78, 5) is 12.4. The number of nitrogens with one attached hydrogen (secondary N) is 1. The normalized spacial score (nSPS) is 11.3. The first-order valence-corrected chi connectivity index (χ1v) is 10.2. The maximum atomic E-state index is 12.7. The summed E-state index contributed by atoms with van der Waals surface area (Å²) in [7, 11) is -1.31. The lowest BCUT2D eigenvalue weighted by Gasteiger charge is -2.11. The van der Waals surface area contributed by atoms with Gasteiger partial charge in [-0.3, -0.25) is 0 Å². The Labute approximate surface area is 160 Å². The van der Waals surface area contributed by atoms with Gasteiger partial charge in [-0.1, -0.05) is 0 Å². The van der Waals surface area contributed by atoms with Gasteiger partial charge in [-0.05, 0) is 41.3 Å². The Hall–Kier alpha value is -2.62. The van der Waals surface area contributed by atoms with Crippen molar-refractivity contribution in [3.05, 3.63) is 58.7 Å². The van der Waals surface area contributed by atoms with E-state index in [1.807, 2.05) is 17.5 Å². The monoisotopic (exact) mass is 407 g/mol. The van der Waals surface area contributed by atoms with Crippen LogP contribution in [0.15, 0.2) is 57.6 Å². The molecule has 0 amide bonds. The van der Waals surface area contributed by atoms with E-state index in [1.165, 1.54) is 43.8 Å². The summed E-state index contributed by atoms with van der Waals surface area (Å²) in [5.74, 6) is -0.488. The van der Waals surface area contributed by atoms with Crippen LogP contribution in [0.25, 0.3) is 11.1 Å². The van der Waals surface area contributed by atoms with Crippen LogP contribution in [-0.4, -0.2) is 28.6 Å². The van der Waals surface area contributed by atoms with E-state index in [0.29, 0.717) is 0 Å². The first kappa shape index (κ1) is 19.2. The fourth-order valence-corrected chi connectivity index (χ4v) is 4.55. The van der Waals surface area contributed by atoms with Gasteiger partial charge in [0.05, 0.1) is 32.3 Å². The largest absolute Gasteiger partial charge is 0.495 e. The van der Waals surface area contributed by atoms with Gasteiger partial charge in [-0.25, -0.2) is 17.9 Å². The zero-order valence-corrected chi connectivity index (χ0v) is 16.2. The van der Waals surface area contributed by atoms with Crippen molar-refractivity contribution in [1.82, 2.24) is 4.72 Å². The van der Waals surface area contributed by atoms with E-state index in [9.17, 15) is 13.2 Å². The molecule has 0 bridgehead atoms. The van der Waals surface area contributed by atoms with Gasteiger partial charge in [0.15, 0.2) is 0 Å². The molecule has 0 aliphatic heterocycles. The average molecular weight is 407 g/mol. The van der Waals surface area contributed by atoms with Crippen LogP contribution >= 0.6 is 11.3 Å². The van der Waals surface area contributed by atoms with E-state index in [-0.39, 0.29) is 22.8 Å². The zero-order valence-electron chi connectivity index (χ0n) is 14.6. The topological polar surface area (TPSA) is 94.8 Å². The third kappa shape index (κ3) is 4.21. The van der Waals surface area contributed by atoms with Crippen LogP contribution < -0.4 is 9.46 Å². The van der Waals surface area contributed by atoms with Crippen LogP contribution in [0.5, 0.6) is 5.75 Å². The van der Waals surface area contributed by atoms with Crippen LogP contribution in [0.4, 0.5) is 0 Å². The van der Waals surface area contributed by atoms with Crippen LogP contribution in [0.2, 0.25) is 0 Å². The van der Waals surface area contributed by atoms with Crippen molar-refractivity contribution >= 4 is 27.3 Å². The Morgan fingerprint density at radius 2 is 2.00 bits per heavy atom. The smallest absolute Gasteiger partial charge is 0.337 e. The minimum absolute atomic E-state index is 0.108. The van der Waals surface area contributed by atoms with E-state index >= 15 is 0 Å². The van der Waals surface area contributed by atoms with Crippen molar-refractivity contribution in [3.63, 3.8) is 0 Å². The second-order valence-electron chi connectivity index (χ2n) is 5.50. The molecule has 0 unspecified atom stereocenters. The van der Waals surface area contributed by atoms with E-state index in [0.717, 1.165) is 16.0 Å². The highest BCUT2D eigenvalue weighted by Gasteiger charge is 2.22. The molecule has 3 rings (SSSR count). The molecule has 1 N–H and O–H groups in total. The third-order valence-electron chi connectivity index (χ3n) is 3.82. The predicted molar refractivity (Wildman–Crippen MR) is 100 cm³/mol. The summed E-state index contributed by atoms with van der Waals surface area (Å²) >= 11 is 1.43. The summed E-state index contributed by atoms with van der Waals surface area (Å²) < 4.78 is 42.8. The summed E-state index contributed by atoms with van der Waals surface area (Å²) in [5.41, 5.74) is 2.00. The molecule has 2 aromatic heterocycles. The Kier molecular flexibility index (Phi) is 5.64. The zero-order chi connectivity index (χ0) is 19.4. The second-order valence-corrected chi connectivity index (χ2v) is 8.23. The molecule has 27 heavy (non-hydrogen) atoms. The number of furan rings is 1. The number of carbonyl (C=O) groups excluding carboxylic acids is 1. The number of esters is 1. The number of carbonyl (C=O) groups is 1. The minimum atomic E-state index is -3.90. The van der Waals surface area contributed by atoms with Crippen molar-refractivity contribution in [1.29, 1.82) is 0 Å². The van der Waals surface area contributed by atoms with Crippen molar-refractivity contribution in [3.8, 4) is 16.9 Å². The average Bonchev–Trinajstić information content (AvgIpc) is 3.36. The van der Waals surface area contributed by atoms with Gasteiger partial charge in [0.25, 0.3) is 0 Å². The quantitative estimate of drug-likeness (QED) is 0.604. The van der Waals surface area contributed by atoms with Crippen LogP contribution in [0, 0.1) is 0 Å². The maximum Gasteiger partial charge on any atom is 0.337 e. The fraction of sp³-hybridized carbons (Fsp3) is 0.167. The van der Waals surface area contributed by atoms with Gasteiger partial charge < -0.3 is 13.9 Å². The second kappa shape index (κ2) is 7.95. The Morgan fingerprint density at radius 3 is 2.67 bits per heavy atom. The van der Waals surface area contributed by atoms with Crippen LogP contribution in [0.1, 0.15) is 15.2 Å². The molecule has 0 aliphatic carbocycles. The number of methoxy groups -OCH3 is 2. The molecule has 0 atom stereocenters. The summed E-state index contributed by atoms with van der Waals surface area (Å²) in [6, 6.07) is 7.82. The first-order chi connectivity index (χ1) is 12.9. The molecule has 1 aromatic carbocycles. The lowest BCUT2D eigenvalue weighted by atomic mass is 10.2. The summed E-state index contributed by atoms with van der Waals surface area (Å²) in [5, 5.41) is 1.92. The minimum Gasteiger partial charge on any atom is -0.495 e. The summed E-state index contributed by atoms with van der Waals surface area (Å²) in [6.07, 6.45) is 3.20. The molecule has 0 aliphatic rings. The number of benzene rings is 1. The predicted octanol–water partition coefficient (Wildman–Crippen LogP) is 3.28. The number of thiophene rings is 1. The molecule has 2 heterocycles. The molecule has 142 valence electrons. The number of hydrogen-bond acceptors (Lipinski definition) is 7. The van der Waals surface area contributed by atoms with E-state index in [1.54, 1.807) is 12.5 Å². The van der Waals surface area contributed by atoms with Gasteiger partial charge in [0, 0.05) is 17.0 Å². The van der Waals surface area contributed by atoms with Crippen molar-refractivity contribution in [2.75, 3.05) is 14.2 Å². The molecule has 0 saturated heterocycles. The van der Waals surface area contributed by atoms with Gasteiger partial charge in [0.1, 0.15) is 10.6 Å². The first-order valence-electron chi connectivity index (χ1n) is 7.80. The number of rotatable bonds is 7. The van der Waals surface area contributed by atoms with Crippen molar-refractivity contribution in [2.45, 2.75) is 11.4 Å². The molecule has 3 aromatic rings. The molecule has 7 nitrogen and oxygen atoms in total. The van der Waals surface area contributed by atoms with Gasteiger partial charge in [-0.15, -0.1) is 11.3 Å². The van der Waals surface area contributed by atoms with E-state index in [4.69, 9.17) is 9.15 Å². The number of ether oxygens (including phenoxy) is 2. The maximum absolute atomic E-state index is 12.7. The lowest BCUT2D eigenvalue weighted by Crippen LogP contribution is -2.23. The molecule has 9 heteroatoms. The Bertz CT molecular complexity index is 1040. The van der Waals surface area contributed by atoms with E-state index in [2.05, 4.69) is 9.46 Å². The molecule has 0 spiro atoms. The van der Waals surface area contributed by atoms with Gasteiger partial charge >= 0.3 is 5.97 Å². The van der Waals surface area contributed by atoms with Gasteiger partial charge in [0.2, 0.25) is 10.0 Å². The highest BCUT2D eigenvalue weighted by Crippen LogP contribution is 2.28. The standard InChI is InChI=1S/C18H17NO6S2/c1-23-16-4-3-12(18(20)24-2)8-17(16)27(21,22)19-9-15-7-14(11-26-15)13-5-6-25-10-13/h3-8,10-11,19H,9H2,1-2H3. The van der Waals surface area contributed by atoms with Crippen molar-refractivity contribution < 1.29 is 27.1 Å². The highest BCUT2D eigenvalue weighted by molar-refractivity contribution is 7.89. The third-order valence-corrected chi connectivity index (χ3v) is 6.18. The van der Waals surface area contributed by atoms with E-state index < -0.39 is 16.0 Å².